The predicted octanol–water partition coefficient (Wildman–Crippen LogP) is 3.43. The number of nitrogens with two attached hydrogens (primary N) is 1. The van der Waals surface area contributed by atoms with Crippen molar-refractivity contribution in [3.63, 3.8) is 0 Å². The number of nitrogens with one attached hydrogen (secondary N) is 1. The summed E-state index contributed by atoms with van der Waals surface area (Å²) in [5.74, 6) is 0.657. The van der Waals surface area contributed by atoms with E-state index in [4.69, 9.17) is 22.3 Å². The largest absolute Gasteiger partial charge is 0.351 e. The van der Waals surface area contributed by atoms with Crippen LogP contribution in [-0.2, 0) is 0 Å². The maximum Gasteiger partial charge on any atom is 0.223 e. The van der Waals surface area contributed by atoms with Crippen LogP contribution in [0.15, 0.2) is 30.7 Å². The van der Waals surface area contributed by atoms with Crippen molar-refractivity contribution in [2.45, 2.75) is 44.7 Å². The van der Waals surface area contributed by atoms with E-state index in [1.54, 1.807) is 0 Å². The lowest BCUT2D eigenvalue weighted by atomic mass is 9.92. The van der Waals surface area contributed by atoms with Gasteiger partial charge in [0.25, 0.3) is 0 Å². The highest BCUT2D eigenvalue weighted by atomic mass is 35.5. The van der Waals surface area contributed by atoms with Crippen LogP contribution in [0, 0.1) is 6.92 Å². The molecule has 0 unspecified atom stereocenters. The molecule has 0 saturated heterocycles. The van der Waals surface area contributed by atoms with E-state index >= 15 is 0 Å². The summed E-state index contributed by atoms with van der Waals surface area (Å²) in [7, 11) is 0. The monoisotopic (exact) mass is 356 g/mol. The van der Waals surface area contributed by atoms with Crippen LogP contribution in [0.25, 0.3) is 17.0 Å². The number of aromatic nitrogens is 4. The molecule has 0 aliphatic heterocycles. The number of anilines is 1. The van der Waals surface area contributed by atoms with Gasteiger partial charge < -0.3 is 11.1 Å². The number of hydrogen-bond acceptors (Lipinski definition) is 5. The Bertz CT molecular complexity index is 898. The normalized spacial score (nSPS) is 20.8. The Morgan fingerprint density at radius 3 is 2.80 bits per heavy atom. The maximum atomic E-state index is 6.05. The van der Waals surface area contributed by atoms with Crippen LogP contribution in [0.2, 0.25) is 5.02 Å². The van der Waals surface area contributed by atoms with Gasteiger partial charge in [0.1, 0.15) is 5.65 Å². The third-order valence-electron chi connectivity index (χ3n) is 4.79. The lowest BCUT2D eigenvalue weighted by molar-refractivity contribution is 0.410. The van der Waals surface area contributed by atoms with E-state index in [1.807, 2.05) is 42.0 Å². The third-order valence-corrected chi connectivity index (χ3v) is 5.03. The molecule has 0 amide bonds. The minimum Gasteiger partial charge on any atom is -0.351 e. The van der Waals surface area contributed by atoms with Gasteiger partial charge >= 0.3 is 0 Å². The standard InChI is InChI=1S/C18H21ClN6/c1-11-9-22-18(23-14-4-2-13(20)3-5-14)24-17(11)15-10-21-16-8-12(19)6-7-25(15)16/h6-10,13-14H,2-5,20H2,1H3,(H,22,23,24). The molecule has 4 rings (SSSR count). The number of rotatable bonds is 3. The zero-order chi connectivity index (χ0) is 17.4. The molecule has 25 heavy (non-hydrogen) atoms. The summed E-state index contributed by atoms with van der Waals surface area (Å²) >= 11 is 6.05. The fraction of sp³-hybridized carbons (Fsp3) is 0.389. The zero-order valence-electron chi connectivity index (χ0n) is 14.1. The molecule has 1 aliphatic rings. The van der Waals surface area contributed by atoms with E-state index in [0.29, 0.717) is 23.1 Å². The Morgan fingerprint density at radius 1 is 1.20 bits per heavy atom. The summed E-state index contributed by atoms with van der Waals surface area (Å²) in [4.78, 5) is 13.6. The number of fused-ring (bicyclic) bond motifs is 1. The quantitative estimate of drug-likeness (QED) is 0.751. The highest BCUT2D eigenvalue weighted by Crippen LogP contribution is 2.25. The van der Waals surface area contributed by atoms with E-state index in [-0.39, 0.29) is 0 Å². The van der Waals surface area contributed by atoms with Crippen LogP contribution < -0.4 is 11.1 Å². The highest BCUT2D eigenvalue weighted by molar-refractivity contribution is 6.30. The van der Waals surface area contributed by atoms with Crippen molar-refractivity contribution in [1.82, 2.24) is 19.4 Å². The molecule has 1 aliphatic carbocycles. The van der Waals surface area contributed by atoms with Crippen LogP contribution >= 0.6 is 11.6 Å². The minimum atomic E-state index is 0.331. The molecule has 7 heteroatoms. The molecule has 0 atom stereocenters. The van der Waals surface area contributed by atoms with E-state index < -0.39 is 0 Å². The van der Waals surface area contributed by atoms with Gasteiger partial charge in [0.15, 0.2) is 0 Å². The van der Waals surface area contributed by atoms with Gasteiger partial charge in [-0.05, 0) is 44.2 Å². The first-order valence-corrected chi connectivity index (χ1v) is 8.96. The van der Waals surface area contributed by atoms with E-state index in [9.17, 15) is 0 Å². The fourth-order valence-electron chi connectivity index (χ4n) is 3.35. The second kappa shape index (κ2) is 6.61. The van der Waals surface area contributed by atoms with Crippen molar-refractivity contribution in [2.24, 2.45) is 5.73 Å². The maximum absolute atomic E-state index is 6.05. The molecule has 0 aromatic carbocycles. The van der Waals surface area contributed by atoms with Gasteiger partial charge in [0.2, 0.25) is 5.95 Å². The molecule has 1 fully saturated rings. The number of aryl methyl sites for hydroxylation is 1. The molecule has 3 aromatic rings. The first-order valence-electron chi connectivity index (χ1n) is 8.59. The highest BCUT2D eigenvalue weighted by Gasteiger charge is 2.20. The minimum absolute atomic E-state index is 0.331. The molecule has 130 valence electrons. The van der Waals surface area contributed by atoms with Crippen LogP contribution in [0.5, 0.6) is 0 Å². The second-order valence-electron chi connectivity index (χ2n) is 6.70. The van der Waals surface area contributed by atoms with Gasteiger partial charge in [-0.1, -0.05) is 11.6 Å². The first-order chi connectivity index (χ1) is 12.1. The van der Waals surface area contributed by atoms with E-state index in [0.717, 1.165) is 48.3 Å². The summed E-state index contributed by atoms with van der Waals surface area (Å²) in [5.41, 5.74) is 9.60. The second-order valence-corrected chi connectivity index (χ2v) is 7.13. The van der Waals surface area contributed by atoms with Gasteiger partial charge in [0.05, 0.1) is 17.6 Å². The number of hydrogen-bond donors (Lipinski definition) is 2. The Hall–Kier alpha value is -2.18. The predicted molar refractivity (Wildman–Crippen MR) is 99.8 cm³/mol. The van der Waals surface area contributed by atoms with E-state index in [1.165, 1.54) is 0 Å². The summed E-state index contributed by atoms with van der Waals surface area (Å²) in [6, 6.07) is 4.40. The SMILES string of the molecule is Cc1cnc(NC2CCC(N)CC2)nc1-c1cnc2cc(Cl)ccn12. The Labute approximate surface area is 151 Å². The van der Waals surface area contributed by atoms with Crippen molar-refractivity contribution in [2.75, 3.05) is 5.32 Å². The fourth-order valence-corrected chi connectivity index (χ4v) is 3.50. The summed E-state index contributed by atoms with van der Waals surface area (Å²) in [6.45, 7) is 2.01. The van der Waals surface area contributed by atoms with Gasteiger partial charge in [0, 0.05) is 35.6 Å². The van der Waals surface area contributed by atoms with Crippen LogP contribution in [0.3, 0.4) is 0 Å². The van der Waals surface area contributed by atoms with Gasteiger partial charge in [-0.2, -0.15) is 0 Å². The average molecular weight is 357 g/mol. The number of halogens is 1. The molecule has 6 nitrogen and oxygen atoms in total. The lowest BCUT2D eigenvalue weighted by Crippen LogP contribution is -2.33. The molecular weight excluding hydrogens is 336 g/mol. The molecule has 3 N–H and O–H groups in total. The summed E-state index contributed by atoms with van der Waals surface area (Å²) in [6.07, 6.45) is 9.80. The summed E-state index contributed by atoms with van der Waals surface area (Å²) in [5, 5.41) is 4.13. The van der Waals surface area contributed by atoms with Crippen molar-refractivity contribution in [3.05, 3.63) is 41.3 Å². The van der Waals surface area contributed by atoms with E-state index in [2.05, 4.69) is 15.3 Å². The Balaban J connectivity index is 1.65. The first kappa shape index (κ1) is 16.3. The molecular formula is C18H21ClN6. The van der Waals surface area contributed by atoms with Gasteiger partial charge in [-0.25, -0.2) is 15.0 Å². The third kappa shape index (κ3) is 3.32. The van der Waals surface area contributed by atoms with Crippen molar-refractivity contribution in [1.29, 1.82) is 0 Å². The molecule has 0 radical (unpaired) electrons. The molecule has 0 bridgehead atoms. The Morgan fingerprint density at radius 2 is 2.00 bits per heavy atom. The topological polar surface area (TPSA) is 81.1 Å². The molecule has 3 heterocycles. The number of pyridine rings is 1. The molecule has 0 spiro atoms. The molecule has 1 saturated carbocycles. The van der Waals surface area contributed by atoms with Crippen molar-refractivity contribution in [3.8, 4) is 11.4 Å². The summed E-state index contributed by atoms with van der Waals surface area (Å²) < 4.78 is 1.99. The Kier molecular flexibility index (Phi) is 4.31. The van der Waals surface area contributed by atoms with Gasteiger partial charge in [-0.3, -0.25) is 4.40 Å². The van der Waals surface area contributed by atoms with Crippen molar-refractivity contribution < 1.29 is 0 Å². The number of imidazole rings is 1. The van der Waals surface area contributed by atoms with Crippen LogP contribution in [0.4, 0.5) is 5.95 Å². The number of nitrogens with zero attached hydrogens (tertiary/aromatic N) is 4. The van der Waals surface area contributed by atoms with Crippen molar-refractivity contribution >= 4 is 23.2 Å². The smallest absolute Gasteiger partial charge is 0.223 e. The van der Waals surface area contributed by atoms with Crippen LogP contribution in [0.1, 0.15) is 31.2 Å². The average Bonchev–Trinajstić information content (AvgIpc) is 3.01. The van der Waals surface area contributed by atoms with Crippen LogP contribution in [-0.4, -0.2) is 31.4 Å². The van der Waals surface area contributed by atoms with Gasteiger partial charge in [-0.15, -0.1) is 0 Å². The lowest BCUT2D eigenvalue weighted by Gasteiger charge is -2.26. The molecule has 3 aromatic heterocycles. The zero-order valence-corrected chi connectivity index (χ0v) is 14.9.